The summed E-state index contributed by atoms with van der Waals surface area (Å²) in [6.07, 6.45) is 3.34. The molecule has 0 bridgehead atoms. The number of rotatable bonds is 10. The number of thioether (sulfide) groups is 1. The Morgan fingerprint density at radius 3 is 2.56 bits per heavy atom. The smallest absolute Gasteiger partial charge is 0.335 e. The predicted octanol–water partition coefficient (Wildman–Crippen LogP) is 5.14. The van der Waals surface area contributed by atoms with Crippen LogP contribution in [-0.2, 0) is 22.4 Å². The van der Waals surface area contributed by atoms with Gasteiger partial charge in [0, 0.05) is 38.2 Å². The second kappa shape index (κ2) is 13.3. The van der Waals surface area contributed by atoms with Gasteiger partial charge in [0.15, 0.2) is 0 Å². The summed E-state index contributed by atoms with van der Waals surface area (Å²) in [4.78, 5) is 29.1. The number of thiocarbonyl (C=S) groups is 1. The molecule has 10 heteroatoms. The standard InChI is InChI=1S/C33H32N2O6S2/c36-31-30(43-33(42)35(31)11-9-22-1-3-23(4-2-22)32(37)38)21-27-20-25(24-5-7-28-26(19-24)10-15-40-28)6-8-29(27)41-18-14-34-12-16-39-17-13-34/h1-8,19-21H,9-18H2,(H,37,38)/b30-21-. The van der Waals surface area contributed by atoms with Crippen LogP contribution in [0.2, 0.25) is 0 Å². The zero-order valence-electron chi connectivity index (χ0n) is 23.6. The van der Waals surface area contributed by atoms with Crippen LogP contribution in [0.4, 0.5) is 0 Å². The first kappa shape index (κ1) is 29.4. The number of ether oxygens (including phenoxy) is 3. The average molecular weight is 617 g/mol. The molecule has 3 aromatic carbocycles. The van der Waals surface area contributed by atoms with Gasteiger partial charge in [-0.15, -0.1) is 0 Å². The first-order valence-electron chi connectivity index (χ1n) is 14.4. The van der Waals surface area contributed by atoms with E-state index in [4.69, 9.17) is 31.5 Å². The maximum Gasteiger partial charge on any atom is 0.335 e. The van der Waals surface area contributed by atoms with Crippen molar-refractivity contribution in [3.8, 4) is 22.6 Å². The molecule has 222 valence electrons. The number of carbonyl (C=O) groups is 2. The molecule has 3 heterocycles. The minimum atomic E-state index is -0.965. The molecule has 0 aromatic heterocycles. The summed E-state index contributed by atoms with van der Waals surface area (Å²) in [5, 5.41) is 9.14. The van der Waals surface area contributed by atoms with Crippen molar-refractivity contribution in [1.29, 1.82) is 0 Å². The number of morpholine rings is 1. The molecule has 1 N–H and O–H groups in total. The number of nitrogens with zero attached hydrogens (tertiary/aromatic N) is 2. The zero-order valence-corrected chi connectivity index (χ0v) is 25.3. The largest absolute Gasteiger partial charge is 0.493 e. The Hall–Kier alpha value is -3.70. The summed E-state index contributed by atoms with van der Waals surface area (Å²) >= 11 is 6.88. The van der Waals surface area contributed by atoms with Gasteiger partial charge >= 0.3 is 5.97 Å². The molecule has 3 aliphatic heterocycles. The maximum atomic E-state index is 13.5. The Labute approximate surface area is 260 Å². The van der Waals surface area contributed by atoms with Crippen LogP contribution in [0.5, 0.6) is 11.5 Å². The van der Waals surface area contributed by atoms with Crippen LogP contribution in [-0.4, -0.2) is 83.7 Å². The van der Waals surface area contributed by atoms with Crippen LogP contribution >= 0.6 is 24.0 Å². The zero-order chi connectivity index (χ0) is 29.8. The number of hydrogen-bond acceptors (Lipinski definition) is 8. The number of fused-ring (bicyclic) bond motifs is 1. The van der Waals surface area contributed by atoms with Gasteiger partial charge in [-0.2, -0.15) is 0 Å². The highest BCUT2D eigenvalue weighted by molar-refractivity contribution is 8.26. The molecule has 3 aromatic rings. The van der Waals surface area contributed by atoms with E-state index in [2.05, 4.69) is 29.2 Å². The second-order valence-corrected chi connectivity index (χ2v) is 12.2. The van der Waals surface area contributed by atoms with Crippen LogP contribution in [0, 0.1) is 0 Å². The third kappa shape index (κ3) is 6.94. The summed E-state index contributed by atoms with van der Waals surface area (Å²) in [5.74, 6) is 0.544. The van der Waals surface area contributed by atoms with E-state index >= 15 is 0 Å². The third-order valence-electron chi connectivity index (χ3n) is 7.79. The number of benzene rings is 3. The summed E-state index contributed by atoms with van der Waals surface area (Å²) < 4.78 is 17.9. The summed E-state index contributed by atoms with van der Waals surface area (Å²) in [6.45, 7) is 5.70. The van der Waals surface area contributed by atoms with Crippen LogP contribution in [0.25, 0.3) is 17.2 Å². The molecule has 0 saturated carbocycles. The molecule has 1 amide bonds. The molecule has 0 spiro atoms. The van der Waals surface area contributed by atoms with E-state index in [-0.39, 0.29) is 11.5 Å². The number of carboxylic acid groups (broad SMARTS) is 1. The average Bonchev–Trinajstić information content (AvgIpc) is 3.60. The van der Waals surface area contributed by atoms with Crippen molar-refractivity contribution in [2.45, 2.75) is 12.8 Å². The fourth-order valence-corrected chi connectivity index (χ4v) is 6.64. The minimum Gasteiger partial charge on any atom is -0.493 e. The highest BCUT2D eigenvalue weighted by Gasteiger charge is 2.32. The van der Waals surface area contributed by atoms with Gasteiger partial charge in [-0.25, -0.2) is 4.79 Å². The van der Waals surface area contributed by atoms with Crippen molar-refractivity contribution in [1.82, 2.24) is 9.80 Å². The summed E-state index contributed by atoms with van der Waals surface area (Å²) in [7, 11) is 0. The van der Waals surface area contributed by atoms with E-state index in [0.717, 1.165) is 67.3 Å². The SMILES string of the molecule is O=C(O)c1ccc(CCN2C(=O)/C(=C/c3cc(-c4ccc5c(c4)CCO5)ccc3OCCN3CCOCC3)SC2=S)cc1. The van der Waals surface area contributed by atoms with E-state index in [0.29, 0.717) is 41.2 Å². The Morgan fingerprint density at radius 1 is 1.00 bits per heavy atom. The fraction of sp³-hybridized carbons (Fsp3) is 0.303. The number of carboxylic acids is 1. The van der Waals surface area contributed by atoms with E-state index in [1.54, 1.807) is 29.2 Å². The van der Waals surface area contributed by atoms with E-state index in [1.165, 1.54) is 17.3 Å². The van der Waals surface area contributed by atoms with Crippen molar-refractivity contribution in [2.24, 2.45) is 0 Å². The molecule has 43 heavy (non-hydrogen) atoms. The lowest BCUT2D eigenvalue weighted by Gasteiger charge is -2.26. The Balaban J connectivity index is 1.21. The molecule has 3 aliphatic rings. The van der Waals surface area contributed by atoms with Gasteiger partial charge in [0.05, 0.1) is 30.3 Å². The lowest BCUT2D eigenvalue weighted by molar-refractivity contribution is -0.122. The predicted molar refractivity (Wildman–Crippen MR) is 171 cm³/mol. The molecule has 2 fully saturated rings. The first-order valence-corrected chi connectivity index (χ1v) is 15.6. The van der Waals surface area contributed by atoms with Crippen molar-refractivity contribution in [3.05, 3.63) is 87.8 Å². The lowest BCUT2D eigenvalue weighted by atomic mass is 9.99. The van der Waals surface area contributed by atoms with Gasteiger partial charge in [-0.1, -0.05) is 48.2 Å². The van der Waals surface area contributed by atoms with E-state index in [9.17, 15) is 9.59 Å². The van der Waals surface area contributed by atoms with Gasteiger partial charge in [0.25, 0.3) is 5.91 Å². The Kier molecular flexibility index (Phi) is 9.08. The monoisotopic (exact) mass is 616 g/mol. The van der Waals surface area contributed by atoms with Crippen molar-refractivity contribution >= 4 is 46.3 Å². The van der Waals surface area contributed by atoms with Crippen LogP contribution in [0.15, 0.2) is 65.6 Å². The quantitative estimate of drug-likeness (QED) is 0.246. The van der Waals surface area contributed by atoms with E-state index in [1.807, 2.05) is 18.2 Å². The Bertz CT molecular complexity index is 1570. The summed E-state index contributed by atoms with van der Waals surface area (Å²) in [6, 6.07) is 19.0. The molecular formula is C33H32N2O6S2. The van der Waals surface area contributed by atoms with Gasteiger partial charge in [0.2, 0.25) is 0 Å². The van der Waals surface area contributed by atoms with Crippen molar-refractivity contribution in [3.63, 3.8) is 0 Å². The third-order valence-corrected chi connectivity index (χ3v) is 9.16. The molecule has 0 aliphatic carbocycles. The van der Waals surface area contributed by atoms with Crippen molar-refractivity contribution < 1.29 is 28.9 Å². The maximum absolute atomic E-state index is 13.5. The molecule has 2 saturated heterocycles. The number of hydrogen-bond donors (Lipinski definition) is 1. The van der Waals surface area contributed by atoms with Crippen LogP contribution in [0.1, 0.15) is 27.0 Å². The molecular weight excluding hydrogens is 585 g/mol. The lowest BCUT2D eigenvalue weighted by Crippen LogP contribution is -2.38. The first-order chi connectivity index (χ1) is 20.9. The van der Waals surface area contributed by atoms with Gasteiger partial charge in [-0.3, -0.25) is 14.6 Å². The summed E-state index contributed by atoms with van der Waals surface area (Å²) in [5.41, 5.74) is 5.30. The second-order valence-electron chi connectivity index (χ2n) is 10.6. The Morgan fingerprint density at radius 2 is 1.77 bits per heavy atom. The molecule has 0 atom stereocenters. The van der Waals surface area contributed by atoms with Gasteiger partial charge in [0.1, 0.15) is 22.4 Å². The topological polar surface area (TPSA) is 88.5 Å². The highest BCUT2D eigenvalue weighted by Crippen LogP contribution is 2.37. The number of aromatic carboxylic acids is 1. The van der Waals surface area contributed by atoms with Crippen LogP contribution < -0.4 is 9.47 Å². The van der Waals surface area contributed by atoms with Gasteiger partial charge in [-0.05, 0) is 71.1 Å². The van der Waals surface area contributed by atoms with Gasteiger partial charge < -0.3 is 19.3 Å². The number of carbonyl (C=O) groups excluding carboxylic acids is 1. The minimum absolute atomic E-state index is 0.142. The van der Waals surface area contributed by atoms with Crippen LogP contribution in [0.3, 0.4) is 0 Å². The molecule has 0 radical (unpaired) electrons. The highest BCUT2D eigenvalue weighted by atomic mass is 32.2. The van der Waals surface area contributed by atoms with Crippen molar-refractivity contribution in [2.75, 3.05) is 52.6 Å². The normalized spacial score (nSPS) is 17.8. The molecule has 8 nitrogen and oxygen atoms in total. The van der Waals surface area contributed by atoms with E-state index < -0.39 is 5.97 Å². The number of amides is 1. The molecule has 0 unspecified atom stereocenters. The fourth-order valence-electron chi connectivity index (χ4n) is 5.34. The molecule has 6 rings (SSSR count).